The predicted molar refractivity (Wildman–Crippen MR) is 111 cm³/mol. The summed E-state index contributed by atoms with van der Waals surface area (Å²) in [5.41, 5.74) is 1.61. The Labute approximate surface area is 176 Å². The van der Waals surface area contributed by atoms with Crippen molar-refractivity contribution in [3.8, 4) is 5.75 Å². The number of rotatable bonds is 6. The van der Waals surface area contributed by atoms with Crippen LogP contribution in [0, 0.1) is 0 Å². The lowest BCUT2D eigenvalue weighted by Crippen LogP contribution is -2.38. The number of halogens is 1. The maximum absolute atomic E-state index is 12.4. The third kappa shape index (κ3) is 4.34. The van der Waals surface area contributed by atoms with E-state index in [4.69, 9.17) is 16.3 Å². The van der Waals surface area contributed by atoms with Gasteiger partial charge in [0, 0.05) is 26.1 Å². The van der Waals surface area contributed by atoms with Crippen molar-refractivity contribution in [1.29, 1.82) is 0 Å². The fourth-order valence-electron chi connectivity index (χ4n) is 4.23. The van der Waals surface area contributed by atoms with Crippen LogP contribution in [0.1, 0.15) is 50.5 Å². The van der Waals surface area contributed by atoms with Crippen LogP contribution in [-0.4, -0.2) is 53.8 Å². The van der Waals surface area contributed by atoms with Crippen molar-refractivity contribution >= 4 is 35.1 Å². The van der Waals surface area contributed by atoms with Crippen LogP contribution in [0.4, 0.5) is 5.69 Å². The Bertz CT molecular complexity index is 835. The first-order valence-electron chi connectivity index (χ1n) is 10.4. The molecule has 1 aromatic rings. The van der Waals surface area contributed by atoms with Gasteiger partial charge in [-0.25, -0.2) is 4.99 Å². The number of hydrogen-bond donors (Lipinski definition) is 1. The molecule has 2 heterocycles. The molecule has 0 atom stereocenters. The highest BCUT2D eigenvalue weighted by atomic mass is 35.5. The molecule has 0 spiro atoms. The second kappa shape index (κ2) is 8.61. The summed E-state index contributed by atoms with van der Waals surface area (Å²) in [6, 6.07) is 4.16. The molecule has 1 saturated heterocycles. The van der Waals surface area contributed by atoms with Crippen LogP contribution < -0.4 is 10.1 Å². The summed E-state index contributed by atoms with van der Waals surface area (Å²) in [6.07, 6.45) is 7.06. The van der Waals surface area contributed by atoms with E-state index in [2.05, 4.69) is 10.3 Å². The number of carbonyl (C=O) groups excluding carboxylic acids is 2. The van der Waals surface area contributed by atoms with E-state index in [9.17, 15) is 9.59 Å². The average molecular weight is 419 g/mol. The smallest absolute Gasteiger partial charge is 0.246 e. The van der Waals surface area contributed by atoms with Gasteiger partial charge < -0.3 is 14.5 Å². The average Bonchev–Trinajstić information content (AvgIpc) is 3.10. The molecule has 29 heavy (non-hydrogen) atoms. The molecule has 1 saturated carbocycles. The maximum atomic E-state index is 12.4. The molecular formula is C21H27ClN4O3. The number of ether oxygens (including phenoxy) is 1. The molecule has 1 N–H and O–H groups in total. The Balaban J connectivity index is 1.30. The van der Waals surface area contributed by atoms with Gasteiger partial charge in [-0.3, -0.25) is 14.9 Å². The molecular weight excluding hydrogens is 392 g/mol. The summed E-state index contributed by atoms with van der Waals surface area (Å²) in [5.74, 6) is 1.21. The van der Waals surface area contributed by atoms with E-state index >= 15 is 0 Å². The molecule has 0 unspecified atom stereocenters. The molecule has 8 heteroatoms. The highest BCUT2D eigenvalue weighted by molar-refractivity contribution is 6.35. The van der Waals surface area contributed by atoms with Crippen LogP contribution in [0.15, 0.2) is 17.1 Å². The van der Waals surface area contributed by atoms with Gasteiger partial charge in [0.1, 0.15) is 17.3 Å². The van der Waals surface area contributed by atoms with Crippen molar-refractivity contribution in [2.24, 2.45) is 4.99 Å². The highest BCUT2D eigenvalue weighted by Gasteiger charge is 2.30. The van der Waals surface area contributed by atoms with Gasteiger partial charge in [-0.05, 0) is 30.9 Å². The molecule has 7 nitrogen and oxygen atoms in total. The summed E-state index contributed by atoms with van der Waals surface area (Å²) in [7, 11) is 1.92. The quantitative estimate of drug-likeness (QED) is 0.720. The van der Waals surface area contributed by atoms with E-state index in [1.165, 1.54) is 19.3 Å². The fourth-order valence-corrected chi connectivity index (χ4v) is 4.51. The number of hydrogen-bond acceptors (Lipinski definition) is 5. The van der Waals surface area contributed by atoms with Gasteiger partial charge in [0.15, 0.2) is 0 Å². The fraction of sp³-hybridized carbons (Fsp3) is 0.571. The lowest BCUT2D eigenvalue weighted by atomic mass is 9.94. The lowest BCUT2D eigenvalue weighted by molar-refractivity contribution is -0.132. The Kier molecular flexibility index (Phi) is 5.94. The Morgan fingerprint density at radius 3 is 2.90 bits per heavy atom. The van der Waals surface area contributed by atoms with Gasteiger partial charge in [0.25, 0.3) is 0 Å². The molecule has 2 fully saturated rings. The molecule has 156 valence electrons. The number of carbonyl (C=O) groups is 2. The molecule has 0 bridgehead atoms. The largest absolute Gasteiger partial charge is 0.492 e. The van der Waals surface area contributed by atoms with Crippen LogP contribution in [0.3, 0.4) is 0 Å². The predicted octanol–water partition coefficient (Wildman–Crippen LogP) is 3.22. The monoisotopic (exact) mass is 418 g/mol. The number of nitrogens with one attached hydrogen (secondary N) is 1. The summed E-state index contributed by atoms with van der Waals surface area (Å²) in [6.45, 7) is 1.33. The van der Waals surface area contributed by atoms with Crippen LogP contribution >= 0.6 is 11.6 Å². The Morgan fingerprint density at radius 1 is 1.31 bits per heavy atom. The van der Waals surface area contributed by atoms with Gasteiger partial charge in [0.05, 0.1) is 12.3 Å². The highest BCUT2D eigenvalue weighted by Crippen LogP contribution is 2.40. The topological polar surface area (TPSA) is 74.2 Å². The first-order valence-corrected chi connectivity index (χ1v) is 10.7. The zero-order valence-electron chi connectivity index (χ0n) is 16.7. The maximum Gasteiger partial charge on any atom is 0.246 e. The van der Waals surface area contributed by atoms with Crippen LogP contribution in [0.2, 0.25) is 5.02 Å². The van der Waals surface area contributed by atoms with Crippen molar-refractivity contribution < 1.29 is 14.3 Å². The first kappa shape index (κ1) is 20.0. The minimum atomic E-state index is -0.0630. The zero-order valence-corrected chi connectivity index (χ0v) is 17.5. The number of aliphatic imine (C=N–C) groups is 1. The molecule has 4 rings (SSSR count). The van der Waals surface area contributed by atoms with Crippen molar-refractivity contribution in [1.82, 2.24) is 15.1 Å². The van der Waals surface area contributed by atoms with Crippen LogP contribution in [-0.2, 0) is 16.1 Å². The van der Waals surface area contributed by atoms with Gasteiger partial charge in [-0.1, -0.05) is 36.9 Å². The molecule has 0 radical (unpaired) electrons. The minimum Gasteiger partial charge on any atom is -0.492 e. The first-order chi connectivity index (χ1) is 14.0. The lowest BCUT2D eigenvalue weighted by Gasteiger charge is -2.31. The number of fused-ring (bicyclic) bond motifs is 2. The van der Waals surface area contributed by atoms with Crippen LogP contribution in [0.25, 0.3) is 0 Å². The summed E-state index contributed by atoms with van der Waals surface area (Å²) < 4.78 is 5.84. The van der Waals surface area contributed by atoms with Gasteiger partial charge in [-0.15, -0.1) is 0 Å². The standard InChI is InChI=1S/C21H27ClN4O3/c1-25(15-6-3-2-4-7-15)18(28)8-5-11-29-16-10-9-14-12-26-13-17(27)23-21(26)24-20(14)19(16)22/h9-10,15H,2-8,11-13H2,1H3,(H,23,24,27). The van der Waals surface area contributed by atoms with Crippen LogP contribution in [0.5, 0.6) is 5.75 Å². The number of guanidine groups is 1. The SMILES string of the molecule is CN(C(=O)CCCOc1ccc2c(c1Cl)N=C1NC(=O)CN1C2)C1CCCCC1. The molecule has 3 aliphatic rings. The van der Waals surface area contributed by atoms with Crippen molar-refractivity contribution in [2.45, 2.75) is 57.5 Å². The third-order valence-electron chi connectivity index (χ3n) is 5.94. The number of nitrogens with zero attached hydrogens (tertiary/aromatic N) is 3. The van der Waals surface area contributed by atoms with E-state index in [0.717, 1.165) is 18.4 Å². The normalized spacial score (nSPS) is 18.6. The Hall–Kier alpha value is -2.28. The van der Waals surface area contributed by atoms with Gasteiger partial charge in [0.2, 0.25) is 17.8 Å². The zero-order chi connectivity index (χ0) is 20.4. The molecule has 1 aromatic carbocycles. The van der Waals surface area contributed by atoms with Gasteiger partial charge in [-0.2, -0.15) is 0 Å². The van der Waals surface area contributed by atoms with Crippen molar-refractivity contribution in [3.05, 3.63) is 22.7 Å². The third-order valence-corrected chi connectivity index (χ3v) is 6.30. The summed E-state index contributed by atoms with van der Waals surface area (Å²) in [4.78, 5) is 32.3. The van der Waals surface area contributed by atoms with Crippen molar-refractivity contribution in [2.75, 3.05) is 20.2 Å². The van der Waals surface area contributed by atoms with E-state index in [0.29, 0.717) is 61.0 Å². The minimum absolute atomic E-state index is 0.0630. The van der Waals surface area contributed by atoms with E-state index in [1.807, 2.05) is 29.0 Å². The number of benzene rings is 1. The summed E-state index contributed by atoms with van der Waals surface area (Å²) in [5, 5.41) is 3.19. The molecule has 2 amide bonds. The van der Waals surface area contributed by atoms with Crippen molar-refractivity contribution in [3.63, 3.8) is 0 Å². The van der Waals surface area contributed by atoms with Gasteiger partial charge >= 0.3 is 0 Å². The summed E-state index contributed by atoms with van der Waals surface area (Å²) >= 11 is 6.51. The molecule has 1 aliphatic carbocycles. The number of amides is 2. The second-order valence-electron chi connectivity index (χ2n) is 7.97. The molecule has 0 aromatic heterocycles. The van der Waals surface area contributed by atoms with E-state index in [1.54, 1.807) is 0 Å². The Morgan fingerprint density at radius 2 is 2.10 bits per heavy atom. The van der Waals surface area contributed by atoms with E-state index < -0.39 is 0 Å². The van der Waals surface area contributed by atoms with E-state index in [-0.39, 0.29) is 11.8 Å². The molecule has 2 aliphatic heterocycles. The second-order valence-corrected chi connectivity index (χ2v) is 8.35.